The Labute approximate surface area is 269 Å². The number of rotatable bonds is 18. The SMILES string of the molecule is CCCCOCCOc1ccc(-c2ccc(OC)c(/C=C/C(=O)Cc3ccc([S@](=O)Cc4c(C)ncn4CCC)cc3)c2)cc1. The van der Waals surface area contributed by atoms with Gasteiger partial charge < -0.3 is 18.8 Å². The van der Waals surface area contributed by atoms with Gasteiger partial charge in [0.15, 0.2) is 5.78 Å². The average Bonchev–Trinajstić information content (AvgIpc) is 3.40. The quantitative estimate of drug-likeness (QED) is 0.0834. The fourth-order valence-corrected chi connectivity index (χ4v) is 6.12. The van der Waals surface area contributed by atoms with Crippen LogP contribution in [0.15, 0.2) is 84.0 Å². The number of hydrogen-bond donors (Lipinski definition) is 0. The molecule has 0 aliphatic rings. The van der Waals surface area contributed by atoms with Crippen LogP contribution in [0.5, 0.6) is 11.5 Å². The van der Waals surface area contributed by atoms with E-state index in [1.54, 1.807) is 19.3 Å². The highest BCUT2D eigenvalue weighted by atomic mass is 32.2. The molecule has 4 aromatic rings. The van der Waals surface area contributed by atoms with Crippen LogP contribution in [0.4, 0.5) is 0 Å². The summed E-state index contributed by atoms with van der Waals surface area (Å²) in [5.41, 5.74) is 5.64. The van der Waals surface area contributed by atoms with Crippen molar-refractivity contribution in [1.82, 2.24) is 9.55 Å². The van der Waals surface area contributed by atoms with E-state index in [1.165, 1.54) is 0 Å². The van der Waals surface area contributed by atoms with E-state index in [1.807, 2.05) is 80.0 Å². The number of benzene rings is 3. The number of ether oxygens (including phenoxy) is 3. The largest absolute Gasteiger partial charge is 0.496 e. The summed E-state index contributed by atoms with van der Waals surface area (Å²) in [5.74, 6) is 1.87. The lowest BCUT2D eigenvalue weighted by Crippen LogP contribution is -2.07. The number of nitrogens with zero attached hydrogens (tertiary/aromatic N) is 2. The number of hydrogen-bond acceptors (Lipinski definition) is 6. The molecule has 3 aromatic carbocycles. The van der Waals surface area contributed by atoms with Gasteiger partial charge in [0.25, 0.3) is 0 Å². The van der Waals surface area contributed by atoms with E-state index >= 15 is 0 Å². The predicted molar refractivity (Wildman–Crippen MR) is 181 cm³/mol. The van der Waals surface area contributed by atoms with E-state index in [0.29, 0.717) is 24.7 Å². The zero-order valence-corrected chi connectivity index (χ0v) is 27.6. The van der Waals surface area contributed by atoms with Gasteiger partial charge >= 0.3 is 0 Å². The van der Waals surface area contributed by atoms with Gasteiger partial charge in [-0.25, -0.2) is 4.98 Å². The molecule has 0 fully saturated rings. The maximum Gasteiger partial charge on any atom is 0.160 e. The number of carbonyl (C=O) groups excluding carboxylic acids is 1. The van der Waals surface area contributed by atoms with Crippen LogP contribution in [0.25, 0.3) is 17.2 Å². The van der Waals surface area contributed by atoms with E-state index in [0.717, 1.165) is 76.7 Å². The maximum absolute atomic E-state index is 13.1. The lowest BCUT2D eigenvalue weighted by atomic mass is 10.0. The summed E-state index contributed by atoms with van der Waals surface area (Å²) in [6.07, 6.45) is 8.63. The Morgan fingerprint density at radius 3 is 2.40 bits per heavy atom. The highest BCUT2D eigenvalue weighted by Crippen LogP contribution is 2.29. The van der Waals surface area contributed by atoms with E-state index in [4.69, 9.17) is 14.2 Å². The first kappa shape index (κ1) is 33.9. The van der Waals surface area contributed by atoms with E-state index < -0.39 is 10.8 Å². The average molecular weight is 629 g/mol. The van der Waals surface area contributed by atoms with E-state index in [2.05, 4.69) is 23.4 Å². The summed E-state index contributed by atoms with van der Waals surface area (Å²) >= 11 is 0. The van der Waals surface area contributed by atoms with Crippen LogP contribution in [-0.4, -0.2) is 46.5 Å². The summed E-state index contributed by atoms with van der Waals surface area (Å²) < 4.78 is 32.1. The van der Waals surface area contributed by atoms with Gasteiger partial charge in [-0.05, 0) is 85.0 Å². The first-order valence-electron chi connectivity index (χ1n) is 15.6. The Morgan fingerprint density at radius 2 is 1.69 bits per heavy atom. The zero-order valence-electron chi connectivity index (χ0n) is 26.8. The second kappa shape index (κ2) is 17.5. The lowest BCUT2D eigenvalue weighted by molar-refractivity contribution is -0.113. The Balaban J connectivity index is 1.34. The minimum atomic E-state index is -1.20. The molecule has 0 N–H and O–H groups in total. The topological polar surface area (TPSA) is 79.7 Å². The highest BCUT2D eigenvalue weighted by molar-refractivity contribution is 7.84. The van der Waals surface area contributed by atoms with Crippen molar-refractivity contribution < 1.29 is 23.2 Å². The molecule has 0 unspecified atom stereocenters. The Morgan fingerprint density at radius 1 is 0.933 bits per heavy atom. The van der Waals surface area contributed by atoms with Crippen LogP contribution < -0.4 is 9.47 Å². The lowest BCUT2D eigenvalue weighted by Gasteiger charge is -2.10. The fraction of sp³-hybridized carbons (Fsp3) is 0.351. The first-order chi connectivity index (χ1) is 21.9. The van der Waals surface area contributed by atoms with Crippen LogP contribution in [0, 0.1) is 6.92 Å². The van der Waals surface area contributed by atoms with Crippen molar-refractivity contribution >= 4 is 22.7 Å². The van der Waals surface area contributed by atoms with Gasteiger partial charge in [-0.1, -0.05) is 50.6 Å². The number of ketones is 1. The molecule has 0 saturated heterocycles. The zero-order chi connectivity index (χ0) is 32.0. The van der Waals surface area contributed by atoms with E-state index in [9.17, 15) is 9.00 Å². The van der Waals surface area contributed by atoms with Crippen molar-refractivity contribution in [2.45, 2.75) is 63.6 Å². The standard InChI is InChI=1S/C37H44N2O5S/c1-5-7-21-43-22-23-44-34-15-11-30(12-16-34)31-13-19-37(42-4)32(25-31)10-14-33(40)24-29-8-17-35(18-9-29)45(41)26-36-28(3)38-27-39(36)20-6-2/h8-19,25,27H,5-7,20-24,26H2,1-4H3/b14-10+/t45-/m1/s1. The van der Waals surface area contributed by atoms with Crippen LogP contribution in [0.3, 0.4) is 0 Å². The molecule has 0 amide bonds. The number of imidazole rings is 1. The normalized spacial score (nSPS) is 12.0. The molecule has 238 valence electrons. The molecule has 4 rings (SSSR count). The molecule has 0 saturated carbocycles. The van der Waals surface area contributed by atoms with Gasteiger partial charge in [-0.3, -0.25) is 9.00 Å². The van der Waals surface area contributed by atoms with Gasteiger partial charge in [0, 0.05) is 30.0 Å². The molecular formula is C37H44N2O5S. The number of methoxy groups -OCH3 is 1. The molecule has 0 spiro atoms. The minimum Gasteiger partial charge on any atom is -0.496 e. The van der Waals surface area contributed by atoms with Gasteiger partial charge in [0.2, 0.25) is 0 Å². The summed E-state index contributed by atoms with van der Waals surface area (Å²) in [6, 6.07) is 21.3. The van der Waals surface area contributed by atoms with E-state index in [-0.39, 0.29) is 12.2 Å². The summed E-state index contributed by atoms with van der Waals surface area (Å²) in [6.45, 7) is 8.93. The number of carbonyl (C=O) groups is 1. The molecule has 8 heteroatoms. The maximum atomic E-state index is 13.1. The van der Waals surface area contributed by atoms with Crippen molar-refractivity contribution in [3.63, 3.8) is 0 Å². The van der Waals surface area contributed by atoms with Crippen molar-refractivity contribution in [2.24, 2.45) is 0 Å². The van der Waals surface area contributed by atoms with Gasteiger partial charge in [-0.2, -0.15) is 0 Å². The number of unbranched alkanes of at least 4 members (excludes halogenated alkanes) is 1. The molecule has 1 heterocycles. The van der Waals surface area contributed by atoms with Gasteiger partial charge in [0.05, 0.1) is 48.0 Å². The molecule has 0 aliphatic heterocycles. The molecule has 0 aliphatic carbocycles. The third-order valence-corrected chi connectivity index (χ3v) is 8.79. The second-order valence-electron chi connectivity index (χ2n) is 10.9. The van der Waals surface area contributed by atoms with Crippen molar-refractivity contribution in [3.8, 4) is 22.6 Å². The van der Waals surface area contributed by atoms with Crippen LogP contribution in [0.2, 0.25) is 0 Å². The molecule has 1 aromatic heterocycles. The van der Waals surface area contributed by atoms with Crippen molar-refractivity contribution in [3.05, 3.63) is 102 Å². The number of allylic oxidation sites excluding steroid dienone is 1. The van der Waals surface area contributed by atoms with Crippen molar-refractivity contribution in [1.29, 1.82) is 0 Å². The molecule has 1 atom stereocenters. The van der Waals surface area contributed by atoms with Gasteiger partial charge in [-0.15, -0.1) is 0 Å². The Kier molecular flexibility index (Phi) is 13.2. The first-order valence-corrected chi connectivity index (χ1v) is 16.9. The molecular weight excluding hydrogens is 584 g/mol. The van der Waals surface area contributed by atoms with Crippen molar-refractivity contribution in [2.75, 3.05) is 26.9 Å². The number of aromatic nitrogens is 2. The second-order valence-corrected chi connectivity index (χ2v) is 12.3. The number of aryl methyl sites for hydroxylation is 2. The summed E-state index contributed by atoms with van der Waals surface area (Å²) in [7, 11) is 0.423. The smallest absolute Gasteiger partial charge is 0.160 e. The third kappa shape index (κ3) is 9.99. The van der Waals surface area contributed by atoms with Crippen LogP contribution in [-0.2, 0) is 39.0 Å². The minimum absolute atomic E-state index is 0.0319. The van der Waals surface area contributed by atoms with Crippen LogP contribution >= 0.6 is 0 Å². The molecule has 7 nitrogen and oxygen atoms in total. The Hall–Kier alpha value is -4.01. The summed E-state index contributed by atoms with van der Waals surface area (Å²) in [5, 5.41) is 0. The predicted octanol–water partition coefficient (Wildman–Crippen LogP) is 7.61. The fourth-order valence-electron chi connectivity index (χ4n) is 4.89. The molecule has 0 bridgehead atoms. The van der Waals surface area contributed by atoms with Gasteiger partial charge in [0.1, 0.15) is 18.1 Å². The monoisotopic (exact) mass is 628 g/mol. The Bertz CT molecular complexity index is 1580. The molecule has 45 heavy (non-hydrogen) atoms. The molecule has 0 radical (unpaired) electrons. The van der Waals surface area contributed by atoms with Crippen LogP contribution in [0.1, 0.15) is 55.6 Å². The summed E-state index contributed by atoms with van der Waals surface area (Å²) in [4.78, 5) is 18.0. The third-order valence-electron chi connectivity index (χ3n) is 7.46. The highest BCUT2D eigenvalue weighted by Gasteiger charge is 2.13.